The largest absolute Gasteiger partial charge is 0.494 e. The number of oxime groups is 1. The van der Waals surface area contributed by atoms with Gasteiger partial charge in [-0.1, -0.05) is 23.4 Å². The molecule has 0 fully saturated rings. The first-order valence-corrected chi connectivity index (χ1v) is 8.09. The maximum Gasteiger partial charge on any atom is 0.199 e. The fraction of sp³-hybridized carbons (Fsp3) is 0. The Kier molecular flexibility index (Phi) is 3.54. The topological polar surface area (TPSA) is 114 Å². The first-order valence-electron chi connectivity index (χ1n) is 7.30. The molecule has 2 heterocycles. The molecule has 0 aliphatic carbocycles. The molecule has 4 aromatic rings. The minimum Gasteiger partial charge on any atom is -0.494 e. The number of benzene rings is 2. The van der Waals surface area contributed by atoms with Gasteiger partial charge in [0.1, 0.15) is 5.69 Å². The van der Waals surface area contributed by atoms with Crippen LogP contribution in [0.1, 0.15) is 5.56 Å². The Bertz CT molecular complexity index is 1160. The first kappa shape index (κ1) is 15.4. The third-order valence-corrected chi connectivity index (χ3v) is 4.77. The lowest BCUT2D eigenvalue weighted by molar-refractivity contribution is 0.322. The van der Waals surface area contributed by atoms with E-state index in [2.05, 4.69) is 36.2 Å². The molecule has 0 saturated heterocycles. The molecule has 2 aromatic heterocycles. The highest BCUT2D eigenvalue weighted by molar-refractivity contribution is 9.10. The highest BCUT2D eigenvalue weighted by Crippen LogP contribution is 2.45. The van der Waals surface area contributed by atoms with Crippen LogP contribution in [0.25, 0.3) is 33.1 Å². The van der Waals surface area contributed by atoms with Gasteiger partial charge in [0.25, 0.3) is 0 Å². The lowest BCUT2D eigenvalue weighted by Crippen LogP contribution is -1.79. The number of para-hydroxylation sites is 1. The number of aromatic hydroxyl groups is 1. The quantitative estimate of drug-likeness (QED) is 0.168. The van der Waals surface area contributed by atoms with E-state index in [0.717, 1.165) is 15.4 Å². The van der Waals surface area contributed by atoms with Crippen LogP contribution in [0.2, 0.25) is 0 Å². The van der Waals surface area contributed by atoms with Gasteiger partial charge in [-0.3, -0.25) is 0 Å². The summed E-state index contributed by atoms with van der Waals surface area (Å²) in [5, 5.41) is 26.6. The molecule has 4 N–H and O–H groups in total. The zero-order valence-corrected chi connectivity index (χ0v) is 14.2. The van der Waals surface area contributed by atoms with E-state index in [-0.39, 0.29) is 11.6 Å². The van der Waals surface area contributed by atoms with Crippen molar-refractivity contribution in [2.45, 2.75) is 0 Å². The average Bonchev–Trinajstić information content (AvgIpc) is 3.12. The number of aromatic nitrogens is 2. The number of H-pyrrole nitrogens is 2. The summed E-state index contributed by atoms with van der Waals surface area (Å²) < 4.78 is 0.796. The summed E-state index contributed by atoms with van der Waals surface area (Å²) in [6, 6.07) is 10.7. The minimum absolute atomic E-state index is 0.0597. The lowest BCUT2D eigenvalue weighted by Gasteiger charge is -1.99. The highest BCUT2D eigenvalue weighted by Gasteiger charge is 2.22. The molecular formula is C17H11BrN4O3. The average molecular weight is 399 g/mol. The molecule has 0 atom stereocenters. The van der Waals surface area contributed by atoms with E-state index < -0.39 is 0 Å². The van der Waals surface area contributed by atoms with Crippen LogP contribution in [-0.4, -0.2) is 26.5 Å². The van der Waals surface area contributed by atoms with E-state index in [1.54, 1.807) is 18.2 Å². The van der Waals surface area contributed by atoms with Gasteiger partial charge in [-0.25, -0.2) is 0 Å². The molecule has 4 rings (SSSR count). The molecule has 0 spiro atoms. The normalized spacial score (nSPS) is 11.7. The third-order valence-electron chi connectivity index (χ3n) is 4.11. The number of hydrogen-bond donors (Lipinski definition) is 4. The summed E-state index contributed by atoms with van der Waals surface area (Å²) in [7, 11) is 0. The predicted octanol–water partition coefficient (Wildman–Crippen LogP) is 4.99. The number of nitrogens with one attached hydrogen (secondary N) is 2. The molecule has 2 aromatic carbocycles. The molecule has 0 radical (unpaired) electrons. The van der Waals surface area contributed by atoms with Crippen LogP contribution in [-0.2, 0) is 0 Å². The van der Waals surface area contributed by atoms with Gasteiger partial charge in [0.2, 0.25) is 0 Å². The maximum absolute atomic E-state index is 11.5. The number of halogens is 1. The van der Waals surface area contributed by atoms with Crippen molar-refractivity contribution in [3.05, 3.63) is 51.3 Å². The van der Waals surface area contributed by atoms with E-state index in [1.807, 2.05) is 18.2 Å². The number of aromatic amines is 2. The smallest absolute Gasteiger partial charge is 0.199 e. The van der Waals surface area contributed by atoms with Gasteiger partial charge < -0.3 is 20.3 Å². The van der Waals surface area contributed by atoms with Crippen molar-refractivity contribution >= 4 is 49.6 Å². The van der Waals surface area contributed by atoms with E-state index in [1.165, 1.54) is 6.21 Å². The third kappa shape index (κ3) is 2.30. The SMILES string of the molecule is O=Nc1c(-c2c(O)[nH]c3c(Br)cccc23)[nH]c2ccc(/C=N/O)cc12. The Morgan fingerprint density at radius 3 is 2.72 bits per heavy atom. The Labute approximate surface area is 149 Å². The fourth-order valence-corrected chi connectivity index (χ4v) is 3.50. The van der Waals surface area contributed by atoms with Gasteiger partial charge in [-0.15, -0.1) is 4.91 Å². The minimum atomic E-state index is -0.0597. The van der Waals surface area contributed by atoms with Crippen LogP contribution in [0.5, 0.6) is 5.88 Å². The van der Waals surface area contributed by atoms with Crippen molar-refractivity contribution in [1.82, 2.24) is 9.97 Å². The molecule has 25 heavy (non-hydrogen) atoms. The van der Waals surface area contributed by atoms with Crippen LogP contribution in [0.3, 0.4) is 0 Å². The zero-order valence-electron chi connectivity index (χ0n) is 12.6. The highest BCUT2D eigenvalue weighted by atomic mass is 79.9. The zero-order chi connectivity index (χ0) is 17.6. The van der Waals surface area contributed by atoms with Gasteiger partial charge in [-0.2, -0.15) is 0 Å². The maximum atomic E-state index is 11.5. The molecule has 124 valence electrons. The summed E-state index contributed by atoms with van der Waals surface area (Å²) in [4.78, 5) is 17.6. The first-order chi connectivity index (χ1) is 12.1. The molecule has 0 amide bonds. The van der Waals surface area contributed by atoms with Gasteiger partial charge in [0.05, 0.1) is 23.0 Å². The molecule has 0 unspecified atom stereocenters. The summed E-state index contributed by atoms with van der Waals surface area (Å²) in [5.41, 5.74) is 3.10. The molecular weight excluding hydrogens is 388 g/mol. The molecule has 8 heteroatoms. The summed E-state index contributed by atoms with van der Waals surface area (Å²) in [6.07, 6.45) is 1.26. The number of rotatable bonds is 3. The Morgan fingerprint density at radius 2 is 1.96 bits per heavy atom. The molecule has 0 aliphatic rings. The number of fused-ring (bicyclic) bond motifs is 2. The van der Waals surface area contributed by atoms with Gasteiger partial charge in [0, 0.05) is 20.8 Å². The summed E-state index contributed by atoms with van der Waals surface area (Å²) in [6.45, 7) is 0. The second-order valence-electron chi connectivity index (χ2n) is 5.50. The van der Waals surface area contributed by atoms with E-state index in [0.29, 0.717) is 27.7 Å². The monoisotopic (exact) mass is 398 g/mol. The van der Waals surface area contributed by atoms with Gasteiger partial charge >= 0.3 is 0 Å². The Hall–Kier alpha value is -3.13. The van der Waals surface area contributed by atoms with Crippen molar-refractivity contribution in [2.75, 3.05) is 0 Å². The van der Waals surface area contributed by atoms with Crippen LogP contribution >= 0.6 is 15.9 Å². The van der Waals surface area contributed by atoms with E-state index in [9.17, 15) is 10.0 Å². The second-order valence-corrected chi connectivity index (χ2v) is 6.35. The van der Waals surface area contributed by atoms with Crippen LogP contribution in [0, 0.1) is 4.91 Å². The number of nitrogens with zero attached hydrogens (tertiary/aromatic N) is 2. The number of hydrogen-bond acceptors (Lipinski definition) is 5. The van der Waals surface area contributed by atoms with Crippen molar-refractivity contribution in [2.24, 2.45) is 10.3 Å². The fourth-order valence-electron chi connectivity index (χ4n) is 3.04. The van der Waals surface area contributed by atoms with E-state index in [4.69, 9.17) is 5.21 Å². The standard InChI is InChI=1S/C17H11BrN4O3/c18-11-3-1-2-9-13(17(23)21-14(9)11)16-15(22-25)10-6-8(7-19-24)4-5-12(10)20-16/h1-7,20-21,23-24H/b19-7+. The van der Waals surface area contributed by atoms with E-state index >= 15 is 0 Å². The van der Waals surface area contributed by atoms with Gasteiger partial charge in [0.15, 0.2) is 5.88 Å². The summed E-state index contributed by atoms with van der Waals surface area (Å²) in [5.74, 6) is -0.0597. The Balaban J connectivity index is 2.06. The number of nitroso groups, excluding NO2 is 1. The summed E-state index contributed by atoms with van der Waals surface area (Å²) >= 11 is 3.44. The molecule has 0 saturated carbocycles. The molecule has 7 nitrogen and oxygen atoms in total. The lowest BCUT2D eigenvalue weighted by atomic mass is 10.1. The molecule has 0 bridgehead atoms. The van der Waals surface area contributed by atoms with Crippen molar-refractivity contribution < 1.29 is 10.3 Å². The van der Waals surface area contributed by atoms with Crippen LogP contribution in [0.4, 0.5) is 5.69 Å². The van der Waals surface area contributed by atoms with Crippen molar-refractivity contribution in [3.8, 4) is 17.1 Å². The van der Waals surface area contributed by atoms with Crippen LogP contribution < -0.4 is 0 Å². The van der Waals surface area contributed by atoms with Crippen molar-refractivity contribution in [3.63, 3.8) is 0 Å². The predicted molar refractivity (Wildman–Crippen MR) is 99.8 cm³/mol. The molecule has 0 aliphatic heterocycles. The van der Waals surface area contributed by atoms with Crippen molar-refractivity contribution in [1.29, 1.82) is 0 Å². The Morgan fingerprint density at radius 1 is 1.12 bits per heavy atom. The van der Waals surface area contributed by atoms with Crippen LogP contribution in [0.15, 0.2) is 51.2 Å². The second kappa shape index (κ2) is 5.75. The van der Waals surface area contributed by atoms with Gasteiger partial charge in [-0.05, 0) is 44.9 Å².